The Kier molecular flexibility index (Phi) is 3.98. The molecule has 0 amide bonds. The molecule has 0 saturated heterocycles. The van der Waals surface area contributed by atoms with E-state index in [1.54, 1.807) is 0 Å². The number of allylic oxidation sites excluding steroid dienone is 1. The second-order valence-corrected chi connectivity index (χ2v) is 4.63. The molecule has 2 rings (SSSR count). The number of fused-ring (bicyclic) bond motifs is 1. The van der Waals surface area contributed by atoms with Crippen LogP contribution in [0.2, 0.25) is 0 Å². The molecule has 0 saturated carbocycles. The minimum atomic E-state index is 1.02. The van der Waals surface area contributed by atoms with Crippen molar-refractivity contribution in [2.24, 2.45) is 0 Å². The Morgan fingerprint density at radius 1 is 1.33 bits per heavy atom. The van der Waals surface area contributed by atoms with Crippen LogP contribution < -0.4 is 5.32 Å². The summed E-state index contributed by atoms with van der Waals surface area (Å²) in [6.45, 7) is 2.14. The highest BCUT2D eigenvalue weighted by atomic mass is 79.9. The highest BCUT2D eigenvalue weighted by molar-refractivity contribution is 9.09. The lowest BCUT2D eigenvalue weighted by atomic mass is 9.98. The predicted molar refractivity (Wildman–Crippen MR) is 69.3 cm³/mol. The number of benzene rings is 1. The van der Waals surface area contributed by atoms with Crippen LogP contribution in [0.25, 0.3) is 6.08 Å². The SMILES string of the molecule is BrCCC=Cc1ccc2c(c1)CNCC2. The number of hydrogen-bond donors (Lipinski definition) is 1. The van der Waals surface area contributed by atoms with Gasteiger partial charge in [-0.1, -0.05) is 46.3 Å². The Morgan fingerprint density at radius 2 is 2.27 bits per heavy atom. The molecule has 80 valence electrons. The molecule has 1 nitrogen and oxygen atoms in total. The van der Waals surface area contributed by atoms with Gasteiger partial charge in [0.1, 0.15) is 0 Å². The van der Waals surface area contributed by atoms with E-state index in [-0.39, 0.29) is 0 Å². The molecule has 0 atom stereocenters. The topological polar surface area (TPSA) is 12.0 Å². The zero-order valence-corrected chi connectivity index (χ0v) is 10.4. The van der Waals surface area contributed by atoms with Crippen molar-refractivity contribution in [3.05, 3.63) is 41.0 Å². The van der Waals surface area contributed by atoms with Crippen molar-refractivity contribution in [2.75, 3.05) is 11.9 Å². The summed E-state index contributed by atoms with van der Waals surface area (Å²) in [5.41, 5.74) is 4.28. The smallest absolute Gasteiger partial charge is 0.0208 e. The summed E-state index contributed by atoms with van der Waals surface area (Å²) in [6, 6.07) is 6.78. The molecule has 1 heterocycles. The van der Waals surface area contributed by atoms with Crippen molar-refractivity contribution in [2.45, 2.75) is 19.4 Å². The van der Waals surface area contributed by atoms with E-state index in [0.717, 1.165) is 24.8 Å². The van der Waals surface area contributed by atoms with Crippen molar-refractivity contribution >= 4 is 22.0 Å². The molecule has 1 aromatic carbocycles. The Labute approximate surface area is 99.7 Å². The second kappa shape index (κ2) is 5.47. The molecule has 0 aliphatic carbocycles. The molecule has 1 aromatic rings. The molecular formula is C13H16BrN. The monoisotopic (exact) mass is 265 g/mol. The summed E-state index contributed by atoms with van der Waals surface area (Å²) in [5, 5.41) is 4.44. The zero-order valence-electron chi connectivity index (χ0n) is 8.80. The summed E-state index contributed by atoms with van der Waals surface area (Å²) in [6.07, 6.45) is 6.68. The maximum Gasteiger partial charge on any atom is 0.0208 e. The highest BCUT2D eigenvalue weighted by Crippen LogP contribution is 2.16. The number of rotatable bonds is 3. The van der Waals surface area contributed by atoms with Crippen LogP contribution in [0, 0.1) is 0 Å². The first-order valence-corrected chi connectivity index (χ1v) is 6.57. The van der Waals surface area contributed by atoms with Gasteiger partial charge in [-0.05, 0) is 36.1 Å². The van der Waals surface area contributed by atoms with Gasteiger partial charge in [-0.3, -0.25) is 0 Å². The van der Waals surface area contributed by atoms with Gasteiger partial charge in [-0.25, -0.2) is 0 Å². The van der Waals surface area contributed by atoms with Gasteiger partial charge in [0.05, 0.1) is 0 Å². The standard InChI is InChI=1S/C13H16BrN/c14-7-2-1-3-11-4-5-12-6-8-15-10-13(12)9-11/h1,3-5,9,15H,2,6-8,10H2. The van der Waals surface area contributed by atoms with Gasteiger partial charge >= 0.3 is 0 Å². The third kappa shape index (κ3) is 2.93. The van der Waals surface area contributed by atoms with Crippen LogP contribution in [0.5, 0.6) is 0 Å². The Morgan fingerprint density at radius 3 is 3.13 bits per heavy atom. The van der Waals surface area contributed by atoms with Crippen molar-refractivity contribution in [3.8, 4) is 0 Å². The van der Waals surface area contributed by atoms with Gasteiger partial charge < -0.3 is 5.32 Å². The molecule has 2 heteroatoms. The first kappa shape index (κ1) is 10.9. The van der Waals surface area contributed by atoms with Gasteiger partial charge in [-0.2, -0.15) is 0 Å². The summed E-state index contributed by atoms with van der Waals surface area (Å²) < 4.78 is 0. The van der Waals surface area contributed by atoms with E-state index < -0.39 is 0 Å². The molecule has 0 radical (unpaired) electrons. The second-order valence-electron chi connectivity index (χ2n) is 3.83. The average molecular weight is 266 g/mol. The van der Waals surface area contributed by atoms with E-state index in [9.17, 15) is 0 Å². The van der Waals surface area contributed by atoms with Gasteiger partial charge in [0.25, 0.3) is 0 Å². The van der Waals surface area contributed by atoms with Crippen LogP contribution in [0.15, 0.2) is 24.3 Å². The Hall–Kier alpha value is -0.600. The highest BCUT2D eigenvalue weighted by Gasteiger charge is 2.07. The van der Waals surface area contributed by atoms with E-state index in [2.05, 4.69) is 51.6 Å². The van der Waals surface area contributed by atoms with Crippen LogP contribution in [0.4, 0.5) is 0 Å². The lowest BCUT2D eigenvalue weighted by molar-refractivity contribution is 0.643. The molecular weight excluding hydrogens is 250 g/mol. The first-order chi connectivity index (χ1) is 7.40. The van der Waals surface area contributed by atoms with Crippen LogP contribution in [0.3, 0.4) is 0 Å². The van der Waals surface area contributed by atoms with Crippen LogP contribution in [-0.4, -0.2) is 11.9 Å². The van der Waals surface area contributed by atoms with Crippen molar-refractivity contribution in [1.29, 1.82) is 0 Å². The van der Waals surface area contributed by atoms with Crippen molar-refractivity contribution in [3.63, 3.8) is 0 Å². The third-order valence-corrected chi connectivity index (χ3v) is 3.16. The molecule has 0 aromatic heterocycles. The lowest BCUT2D eigenvalue weighted by Crippen LogP contribution is -2.23. The zero-order chi connectivity index (χ0) is 10.5. The normalized spacial score (nSPS) is 15.5. The Bertz CT molecular complexity index is 358. The summed E-state index contributed by atoms with van der Waals surface area (Å²) in [7, 11) is 0. The average Bonchev–Trinajstić information content (AvgIpc) is 2.29. The lowest BCUT2D eigenvalue weighted by Gasteiger charge is -2.17. The molecule has 0 bridgehead atoms. The molecule has 0 spiro atoms. The molecule has 1 aliphatic heterocycles. The molecule has 1 N–H and O–H groups in total. The fourth-order valence-corrected chi connectivity index (χ4v) is 2.15. The maximum absolute atomic E-state index is 3.42. The predicted octanol–water partition coefficient (Wildman–Crippen LogP) is 3.13. The summed E-state index contributed by atoms with van der Waals surface area (Å²) in [4.78, 5) is 0. The minimum Gasteiger partial charge on any atom is -0.312 e. The quantitative estimate of drug-likeness (QED) is 0.829. The number of halogens is 1. The van der Waals surface area contributed by atoms with E-state index in [4.69, 9.17) is 0 Å². The van der Waals surface area contributed by atoms with Gasteiger partial charge in [0.2, 0.25) is 0 Å². The molecule has 1 aliphatic rings. The van der Waals surface area contributed by atoms with Gasteiger partial charge in [0, 0.05) is 11.9 Å². The molecule has 15 heavy (non-hydrogen) atoms. The first-order valence-electron chi connectivity index (χ1n) is 5.45. The summed E-state index contributed by atoms with van der Waals surface area (Å²) >= 11 is 3.42. The number of hydrogen-bond acceptors (Lipinski definition) is 1. The van der Waals surface area contributed by atoms with Gasteiger partial charge in [-0.15, -0.1) is 0 Å². The number of alkyl halides is 1. The summed E-state index contributed by atoms with van der Waals surface area (Å²) in [5.74, 6) is 0. The van der Waals surface area contributed by atoms with Crippen LogP contribution >= 0.6 is 15.9 Å². The third-order valence-electron chi connectivity index (χ3n) is 2.70. The minimum absolute atomic E-state index is 1.02. The van der Waals surface area contributed by atoms with Crippen molar-refractivity contribution in [1.82, 2.24) is 5.32 Å². The van der Waals surface area contributed by atoms with E-state index in [1.165, 1.54) is 23.1 Å². The van der Waals surface area contributed by atoms with Gasteiger partial charge in [0.15, 0.2) is 0 Å². The van der Waals surface area contributed by atoms with Crippen LogP contribution in [-0.2, 0) is 13.0 Å². The van der Waals surface area contributed by atoms with E-state index in [0.29, 0.717) is 0 Å². The number of nitrogens with one attached hydrogen (secondary N) is 1. The fraction of sp³-hybridized carbons (Fsp3) is 0.385. The van der Waals surface area contributed by atoms with E-state index in [1.807, 2.05) is 0 Å². The van der Waals surface area contributed by atoms with E-state index >= 15 is 0 Å². The fourth-order valence-electron chi connectivity index (χ4n) is 1.89. The largest absolute Gasteiger partial charge is 0.312 e. The van der Waals surface area contributed by atoms with Crippen molar-refractivity contribution < 1.29 is 0 Å². The Balaban J connectivity index is 2.13. The van der Waals surface area contributed by atoms with Crippen LogP contribution in [0.1, 0.15) is 23.1 Å². The maximum atomic E-state index is 3.42. The molecule has 0 unspecified atom stereocenters. The molecule has 0 fully saturated rings.